The van der Waals surface area contributed by atoms with Crippen molar-refractivity contribution in [3.8, 4) is 0 Å². The Labute approximate surface area is 144 Å². The topological polar surface area (TPSA) is 58.2 Å². The minimum atomic E-state index is -0.0592. The Morgan fingerprint density at radius 3 is 2.17 bits per heavy atom. The van der Waals surface area contributed by atoms with E-state index in [2.05, 4.69) is 16.7 Å². The van der Waals surface area contributed by atoms with Gasteiger partial charge in [0.1, 0.15) is 0 Å². The van der Waals surface area contributed by atoms with E-state index in [4.69, 9.17) is 0 Å². The first-order chi connectivity index (χ1) is 11.7. The lowest BCUT2D eigenvalue weighted by molar-refractivity contribution is -0.126. The lowest BCUT2D eigenvalue weighted by Gasteiger charge is -2.13. The summed E-state index contributed by atoms with van der Waals surface area (Å²) in [5.41, 5.74) is 2.66. The molecule has 130 valence electrons. The van der Waals surface area contributed by atoms with Crippen molar-refractivity contribution >= 4 is 11.8 Å². The molecule has 0 unspecified atom stereocenters. The molecule has 2 N–H and O–H groups in total. The summed E-state index contributed by atoms with van der Waals surface area (Å²) in [6.07, 6.45) is 9.46. The first-order valence-corrected chi connectivity index (χ1v) is 8.99. The molecule has 2 rings (SSSR count). The van der Waals surface area contributed by atoms with Crippen LogP contribution in [0.5, 0.6) is 0 Å². The highest BCUT2D eigenvalue weighted by molar-refractivity contribution is 5.83. The van der Waals surface area contributed by atoms with Crippen molar-refractivity contribution in [2.45, 2.75) is 51.4 Å². The highest BCUT2D eigenvalue weighted by Crippen LogP contribution is 2.19. The van der Waals surface area contributed by atoms with E-state index in [9.17, 15) is 9.59 Å². The van der Waals surface area contributed by atoms with Crippen LogP contribution >= 0.6 is 0 Å². The number of hydrogen-bond donors (Lipinski definition) is 2. The fraction of sp³-hybridized carbons (Fsp3) is 0.500. The van der Waals surface area contributed by atoms with Crippen LogP contribution in [0.25, 0.3) is 0 Å². The van der Waals surface area contributed by atoms with Crippen LogP contribution in [0.15, 0.2) is 42.0 Å². The summed E-state index contributed by atoms with van der Waals surface area (Å²) in [5.74, 6) is -0.0966. The molecular formula is C20H28N2O2. The number of carbonyl (C=O) groups is 2. The molecule has 0 saturated heterocycles. The van der Waals surface area contributed by atoms with Gasteiger partial charge in [-0.15, -0.1) is 0 Å². The molecule has 1 aromatic rings. The third-order valence-electron chi connectivity index (χ3n) is 4.31. The van der Waals surface area contributed by atoms with Gasteiger partial charge in [-0.2, -0.15) is 0 Å². The average Bonchev–Trinajstić information content (AvgIpc) is 2.62. The van der Waals surface area contributed by atoms with Crippen molar-refractivity contribution in [3.63, 3.8) is 0 Å². The molecule has 1 aliphatic carbocycles. The van der Waals surface area contributed by atoms with Crippen molar-refractivity contribution in [1.82, 2.24) is 10.6 Å². The summed E-state index contributed by atoms with van der Waals surface area (Å²) in [6.45, 7) is 1.29. The van der Waals surface area contributed by atoms with Crippen LogP contribution in [0.1, 0.15) is 50.5 Å². The predicted molar refractivity (Wildman–Crippen MR) is 96.6 cm³/mol. The minimum absolute atomic E-state index is 0.0374. The van der Waals surface area contributed by atoms with Crippen LogP contribution in [0.3, 0.4) is 0 Å². The summed E-state index contributed by atoms with van der Waals surface area (Å²) in [5, 5.41) is 5.77. The second-order valence-electron chi connectivity index (χ2n) is 6.29. The van der Waals surface area contributed by atoms with Crippen molar-refractivity contribution in [2.75, 3.05) is 13.1 Å². The van der Waals surface area contributed by atoms with E-state index in [0.29, 0.717) is 13.1 Å². The van der Waals surface area contributed by atoms with Gasteiger partial charge in [-0.1, -0.05) is 42.0 Å². The molecule has 0 aliphatic heterocycles. The van der Waals surface area contributed by atoms with E-state index < -0.39 is 0 Å². The number of hydrogen-bond acceptors (Lipinski definition) is 2. The van der Waals surface area contributed by atoms with Crippen LogP contribution in [0.4, 0.5) is 0 Å². The summed E-state index contributed by atoms with van der Waals surface area (Å²) in [4.78, 5) is 23.5. The number of rotatable bonds is 9. The molecule has 0 saturated carbocycles. The number of nitrogens with one attached hydrogen (secondary N) is 2. The number of benzene rings is 1. The molecule has 0 radical (unpaired) electrons. The third-order valence-corrected chi connectivity index (χ3v) is 4.31. The van der Waals surface area contributed by atoms with Crippen molar-refractivity contribution in [2.24, 2.45) is 0 Å². The lowest BCUT2D eigenvalue weighted by Crippen LogP contribution is -2.29. The molecule has 0 aromatic heterocycles. The smallest absolute Gasteiger partial charge is 0.220 e. The summed E-state index contributed by atoms with van der Waals surface area (Å²) >= 11 is 0. The Morgan fingerprint density at radius 1 is 0.875 bits per heavy atom. The first kappa shape index (κ1) is 18.2. The minimum Gasteiger partial charge on any atom is -0.356 e. The lowest BCUT2D eigenvalue weighted by atomic mass is 9.97. The molecule has 0 bridgehead atoms. The molecule has 4 nitrogen and oxygen atoms in total. The highest BCUT2D eigenvalue weighted by Gasteiger charge is 2.07. The maximum absolute atomic E-state index is 11.8. The van der Waals surface area contributed by atoms with Gasteiger partial charge in [-0.3, -0.25) is 9.59 Å². The maximum atomic E-state index is 11.8. The molecule has 4 heteroatoms. The van der Waals surface area contributed by atoms with Crippen LogP contribution in [-0.2, 0) is 16.0 Å². The van der Waals surface area contributed by atoms with Gasteiger partial charge in [0.2, 0.25) is 11.8 Å². The molecular weight excluding hydrogens is 300 g/mol. The van der Waals surface area contributed by atoms with Gasteiger partial charge >= 0.3 is 0 Å². The van der Waals surface area contributed by atoms with Gasteiger partial charge < -0.3 is 10.6 Å². The number of carbonyl (C=O) groups excluding carboxylic acids is 2. The van der Waals surface area contributed by atoms with Gasteiger partial charge in [0, 0.05) is 25.9 Å². The zero-order valence-corrected chi connectivity index (χ0v) is 14.4. The normalized spacial score (nSPS) is 13.9. The Balaban J connectivity index is 1.51. The van der Waals surface area contributed by atoms with E-state index in [1.165, 1.54) is 36.8 Å². The van der Waals surface area contributed by atoms with Crippen molar-refractivity contribution < 1.29 is 9.59 Å². The monoisotopic (exact) mass is 328 g/mol. The molecule has 24 heavy (non-hydrogen) atoms. The highest BCUT2D eigenvalue weighted by atomic mass is 16.2. The molecule has 0 atom stereocenters. The zero-order chi connectivity index (χ0) is 17.0. The van der Waals surface area contributed by atoms with Crippen molar-refractivity contribution in [3.05, 3.63) is 47.5 Å². The van der Waals surface area contributed by atoms with E-state index in [1.807, 2.05) is 30.3 Å². The number of amides is 2. The standard InChI is InChI=1S/C20H28N2O2/c23-19(21-15-13-17-7-3-1-4-8-17)11-12-20(24)22-16-14-18-9-5-2-6-10-18/h1,3-4,7-9H,2,5-6,10-16H2,(H,21,23)(H,22,24). The Bertz CT molecular complexity index is 552. The van der Waals surface area contributed by atoms with Crippen LogP contribution < -0.4 is 10.6 Å². The van der Waals surface area contributed by atoms with Gasteiger partial charge in [0.25, 0.3) is 0 Å². The first-order valence-electron chi connectivity index (χ1n) is 8.99. The van der Waals surface area contributed by atoms with Crippen LogP contribution in [-0.4, -0.2) is 24.9 Å². The van der Waals surface area contributed by atoms with Gasteiger partial charge in [0.15, 0.2) is 0 Å². The SMILES string of the molecule is O=C(CCC(=O)NCCc1ccccc1)NCCC1=CCCCC1. The van der Waals surface area contributed by atoms with Gasteiger partial charge in [-0.25, -0.2) is 0 Å². The second-order valence-corrected chi connectivity index (χ2v) is 6.29. The summed E-state index contributed by atoms with van der Waals surface area (Å²) in [7, 11) is 0. The Hall–Kier alpha value is -2.10. The molecule has 2 amide bonds. The second kappa shape index (κ2) is 10.6. The van der Waals surface area contributed by atoms with E-state index in [0.717, 1.165) is 12.8 Å². The molecule has 1 aromatic carbocycles. The fourth-order valence-electron chi connectivity index (χ4n) is 2.89. The molecule has 1 aliphatic rings. The van der Waals surface area contributed by atoms with E-state index in [-0.39, 0.29) is 24.7 Å². The largest absolute Gasteiger partial charge is 0.356 e. The molecule has 0 heterocycles. The number of allylic oxidation sites excluding steroid dienone is 1. The van der Waals surface area contributed by atoms with Crippen molar-refractivity contribution in [1.29, 1.82) is 0 Å². The van der Waals surface area contributed by atoms with E-state index >= 15 is 0 Å². The summed E-state index contributed by atoms with van der Waals surface area (Å²) < 4.78 is 0. The zero-order valence-electron chi connectivity index (χ0n) is 14.4. The van der Waals surface area contributed by atoms with E-state index in [1.54, 1.807) is 0 Å². The average molecular weight is 328 g/mol. The van der Waals surface area contributed by atoms with Crippen LogP contribution in [0, 0.1) is 0 Å². The maximum Gasteiger partial charge on any atom is 0.220 e. The van der Waals surface area contributed by atoms with Gasteiger partial charge in [0.05, 0.1) is 0 Å². The molecule has 0 fully saturated rings. The molecule has 0 spiro atoms. The predicted octanol–water partition coefficient (Wildman–Crippen LogP) is 3.13. The Kier molecular flexibility index (Phi) is 8.08. The van der Waals surface area contributed by atoms with Gasteiger partial charge in [-0.05, 0) is 44.1 Å². The summed E-state index contributed by atoms with van der Waals surface area (Å²) in [6, 6.07) is 10.0. The fourth-order valence-corrected chi connectivity index (χ4v) is 2.89. The quantitative estimate of drug-likeness (QED) is 0.684. The van der Waals surface area contributed by atoms with Crippen LogP contribution in [0.2, 0.25) is 0 Å². The Morgan fingerprint density at radius 2 is 1.54 bits per heavy atom. The third kappa shape index (κ3) is 7.44.